The zero-order valence-corrected chi connectivity index (χ0v) is 12.3. The van der Waals surface area contributed by atoms with Gasteiger partial charge in [0.05, 0.1) is 6.42 Å². The van der Waals surface area contributed by atoms with Crippen LogP contribution in [0.1, 0.15) is 17.5 Å². The van der Waals surface area contributed by atoms with Crippen LogP contribution in [-0.4, -0.2) is 21.8 Å². The van der Waals surface area contributed by atoms with Crippen LogP contribution in [0.3, 0.4) is 0 Å². The molecule has 2 aromatic rings. The highest BCUT2D eigenvalue weighted by Crippen LogP contribution is 2.25. The van der Waals surface area contributed by atoms with Gasteiger partial charge in [-0.05, 0) is 35.4 Å². The lowest BCUT2D eigenvalue weighted by Crippen LogP contribution is -2.01. The smallest absolute Gasteiger partial charge is 0.163 e. The Morgan fingerprint density at radius 2 is 1.39 bits per heavy atom. The molecule has 0 saturated carbocycles. The van der Waals surface area contributed by atoms with Crippen molar-refractivity contribution in [2.45, 2.75) is 6.42 Å². The van der Waals surface area contributed by atoms with Crippen molar-refractivity contribution < 1.29 is 19.8 Å². The van der Waals surface area contributed by atoms with Crippen LogP contribution in [0.5, 0.6) is 11.5 Å². The highest BCUT2D eigenvalue weighted by Gasteiger charge is 2.04. The maximum atomic E-state index is 11.7. The number of allylic oxidation sites excluding steroid dienone is 2. The Balaban J connectivity index is 1.91. The number of rotatable bonds is 6. The second kappa shape index (κ2) is 7.75. The number of carbonyl (C=O) groups excluding carboxylic acids is 2. The zero-order chi connectivity index (χ0) is 16.7. The van der Waals surface area contributed by atoms with E-state index in [0.717, 1.165) is 5.56 Å². The van der Waals surface area contributed by atoms with Gasteiger partial charge in [0.2, 0.25) is 0 Å². The van der Waals surface area contributed by atoms with Gasteiger partial charge in [-0.3, -0.25) is 9.59 Å². The number of hydrogen-bond acceptors (Lipinski definition) is 4. The van der Waals surface area contributed by atoms with E-state index < -0.39 is 0 Å². The molecule has 0 heterocycles. The third-order valence-corrected chi connectivity index (χ3v) is 3.07. The monoisotopic (exact) mass is 308 g/mol. The summed E-state index contributed by atoms with van der Waals surface area (Å²) in [7, 11) is 0. The third-order valence-electron chi connectivity index (χ3n) is 3.07. The fourth-order valence-corrected chi connectivity index (χ4v) is 1.88. The molecule has 4 heteroatoms. The average Bonchev–Trinajstić information content (AvgIpc) is 2.55. The van der Waals surface area contributed by atoms with Crippen LogP contribution in [0.25, 0.3) is 12.2 Å². The molecule has 0 aliphatic heterocycles. The van der Waals surface area contributed by atoms with Crippen molar-refractivity contribution in [3.05, 3.63) is 71.8 Å². The van der Waals surface area contributed by atoms with E-state index in [0.29, 0.717) is 5.56 Å². The lowest BCUT2D eigenvalue weighted by molar-refractivity contribution is -0.121. The Kier molecular flexibility index (Phi) is 5.47. The maximum absolute atomic E-state index is 11.7. The van der Waals surface area contributed by atoms with Crippen LogP contribution in [0.4, 0.5) is 0 Å². The van der Waals surface area contributed by atoms with E-state index in [9.17, 15) is 19.8 Å². The SMILES string of the molecule is O=C(/C=C/c1ccccc1)CC(=O)/C=C/c1ccc(O)c(O)c1. The molecule has 4 nitrogen and oxygen atoms in total. The van der Waals surface area contributed by atoms with Gasteiger partial charge >= 0.3 is 0 Å². The molecule has 0 atom stereocenters. The predicted octanol–water partition coefficient (Wildman–Crippen LogP) is 3.35. The molecule has 0 aromatic heterocycles. The van der Waals surface area contributed by atoms with Gasteiger partial charge in [-0.2, -0.15) is 0 Å². The summed E-state index contributed by atoms with van der Waals surface area (Å²) in [5, 5.41) is 18.6. The summed E-state index contributed by atoms with van der Waals surface area (Å²) in [4.78, 5) is 23.5. The molecule has 0 saturated heterocycles. The highest BCUT2D eigenvalue weighted by molar-refractivity contribution is 6.10. The fourth-order valence-electron chi connectivity index (χ4n) is 1.88. The standard InChI is InChI=1S/C19H16O4/c20-16(9-6-14-4-2-1-3-5-14)13-17(21)10-7-15-8-11-18(22)19(23)12-15/h1-12,22-23H,13H2/b9-6+,10-7+. The molecule has 0 spiro atoms. The van der Waals surface area contributed by atoms with Gasteiger partial charge in [0, 0.05) is 0 Å². The molecule has 23 heavy (non-hydrogen) atoms. The molecule has 0 radical (unpaired) electrons. The lowest BCUT2D eigenvalue weighted by Gasteiger charge is -1.98. The number of benzene rings is 2. The Labute approximate surface area is 134 Å². The number of carbonyl (C=O) groups is 2. The number of phenols is 2. The van der Waals surface area contributed by atoms with Crippen LogP contribution < -0.4 is 0 Å². The largest absolute Gasteiger partial charge is 0.504 e. The summed E-state index contributed by atoms with van der Waals surface area (Å²) >= 11 is 0. The Morgan fingerprint density at radius 3 is 2.00 bits per heavy atom. The molecule has 116 valence electrons. The molecule has 2 aromatic carbocycles. The summed E-state index contributed by atoms with van der Waals surface area (Å²) in [6, 6.07) is 13.6. The average molecular weight is 308 g/mol. The molecule has 0 fully saturated rings. The number of aromatic hydroxyl groups is 2. The van der Waals surface area contributed by atoms with Gasteiger partial charge in [0.1, 0.15) is 0 Å². The number of phenolic OH excluding ortho intramolecular Hbond substituents is 2. The van der Waals surface area contributed by atoms with Gasteiger partial charge in [0.25, 0.3) is 0 Å². The molecule has 0 aliphatic rings. The molecule has 2 rings (SSSR count). The highest BCUT2D eigenvalue weighted by atomic mass is 16.3. The molecule has 0 bridgehead atoms. The normalized spacial score (nSPS) is 11.1. The van der Waals surface area contributed by atoms with Gasteiger partial charge < -0.3 is 10.2 Å². The van der Waals surface area contributed by atoms with Crippen molar-refractivity contribution >= 4 is 23.7 Å². The maximum Gasteiger partial charge on any atom is 0.163 e. The summed E-state index contributed by atoms with van der Waals surface area (Å²) < 4.78 is 0. The van der Waals surface area contributed by atoms with Crippen molar-refractivity contribution in [1.29, 1.82) is 0 Å². The van der Waals surface area contributed by atoms with E-state index in [1.54, 1.807) is 12.1 Å². The van der Waals surface area contributed by atoms with Crippen LogP contribution in [-0.2, 0) is 9.59 Å². The van der Waals surface area contributed by atoms with Crippen molar-refractivity contribution in [3.8, 4) is 11.5 Å². The van der Waals surface area contributed by atoms with Gasteiger partial charge in [-0.25, -0.2) is 0 Å². The number of ketones is 2. The molecular weight excluding hydrogens is 292 g/mol. The van der Waals surface area contributed by atoms with Crippen LogP contribution in [0, 0.1) is 0 Å². The van der Waals surface area contributed by atoms with E-state index in [-0.39, 0.29) is 29.5 Å². The Bertz CT molecular complexity index is 758. The van der Waals surface area contributed by atoms with Crippen molar-refractivity contribution in [3.63, 3.8) is 0 Å². The van der Waals surface area contributed by atoms with E-state index in [1.807, 2.05) is 30.3 Å². The van der Waals surface area contributed by atoms with Crippen LogP contribution in [0.2, 0.25) is 0 Å². The van der Waals surface area contributed by atoms with E-state index >= 15 is 0 Å². The zero-order valence-electron chi connectivity index (χ0n) is 12.3. The first-order chi connectivity index (χ1) is 11.0. The minimum Gasteiger partial charge on any atom is -0.504 e. The van der Waals surface area contributed by atoms with Crippen LogP contribution >= 0.6 is 0 Å². The van der Waals surface area contributed by atoms with E-state index in [4.69, 9.17) is 0 Å². The summed E-state index contributed by atoms with van der Waals surface area (Å²) in [6.45, 7) is 0. The van der Waals surface area contributed by atoms with Gasteiger partial charge in [-0.15, -0.1) is 0 Å². The first kappa shape index (κ1) is 16.2. The van der Waals surface area contributed by atoms with Crippen molar-refractivity contribution in [2.24, 2.45) is 0 Å². The third kappa shape index (κ3) is 5.28. The second-order valence-electron chi connectivity index (χ2n) is 4.93. The fraction of sp³-hybridized carbons (Fsp3) is 0.0526. The molecule has 2 N–H and O–H groups in total. The quantitative estimate of drug-likeness (QED) is 0.487. The molecule has 0 aliphatic carbocycles. The first-order valence-corrected chi connectivity index (χ1v) is 7.03. The molecular formula is C19H16O4. The predicted molar refractivity (Wildman–Crippen MR) is 88.9 cm³/mol. The van der Waals surface area contributed by atoms with Gasteiger partial charge in [-0.1, -0.05) is 48.6 Å². The topological polar surface area (TPSA) is 74.6 Å². The molecule has 0 amide bonds. The van der Waals surface area contributed by atoms with Crippen molar-refractivity contribution in [2.75, 3.05) is 0 Å². The number of hydrogen-bond donors (Lipinski definition) is 2. The Morgan fingerprint density at radius 1 is 0.783 bits per heavy atom. The van der Waals surface area contributed by atoms with Gasteiger partial charge in [0.15, 0.2) is 23.1 Å². The van der Waals surface area contributed by atoms with Crippen molar-refractivity contribution in [1.82, 2.24) is 0 Å². The van der Waals surface area contributed by atoms with E-state index in [2.05, 4.69) is 0 Å². The van der Waals surface area contributed by atoms with E-state index in [1.165, 1.54) is 30.4 Å². The second-order valence-corrected chi connectivity index (χ2v) is 4.93. The summed E-state index contributed by atoms with van der Waals surface area (Å²) in [5.41, 5.74) is 1.45. The minimum atomic E-state index is -0.333. The summed E-state index contributed by atoms with van der Waals surface area (Å²) in [5.74, 6) is -1.10. The molecule has 0 unspecified atom stereocenters. The Hall–Kier alpha value is -3.14. The summed E-state index contributed by atoms with van der Waals surface area (Å²) in [6.07, 6.45) is 5.59. The minimum absolute atomic E-state index is 0.218. The lowest BCUT2D eigenvalue weighted by atomic mass is 10.1. The van der Waals surface area contributed by atoms with Crippen LogP contribution in [0.15, 0.2) is 60.7 Å². The first-order valence-electron chi connectivity index (χ1n) is 7.03.